The first-order chi connectivity index (χ1) is 8.87. The van der Waals surface area contributed by atoms with Crippen LogP contribution in [0.25, 0.3) is 0 Å². The highest BCUT2D eigenvalue weighted by Gasteiger charge is 2.23. The molecule has 0 aliphatic heterocycles. The Balaban J connectivity index is 2.16. The third-order valence-electron chi connectivity index (χ3n) is 2.49. The minimum Gasteiger partial charge on any atom is -0.472 e. The first-order valence-corrected chi connectivity index (χ1v) is 6.01. The van der Waals surface area contributed by atoms with E-state index < -0.39 is 11.6 Å². The van der Waals surface area contributed by atoms with Gasteiger partial charge in [0.15, 0.2) is 5.69 Å². The predicted molar refractivity (Wildman–Crippen MR) is 67.7 cm³/mol. The summed E-state index contributed by atoms with van der Waals surface area (Å²) in [7, 11) is 0. The number of nitrogens with zero attached hydrogens (tertiary/aromatic N) is 3. The van der Waals surface area contributed by atoms with Crippen LogP contribution in [-0.2, 0) is 11.3 Å². The van der Waals surface area contributed by atoms with Gasteiger partial charge in [0.2, 0.25) is 0 Å². The Labute approximate surface area is 111 Å². The standard InChI is InChI=1S/C13H17N3O3/c1-9-11(12(17)19-13(2,3)4)14-15-16(9)7-10-5-6-18-8-10/h5-6,8H,7H2,1-4H3. The van der Waals surface area contributed by atoms with E-state index in [2.05, 4.69) is 10.3 Å². The summed E-state index contributed by atoms with van der Waals surface area (Å²) < 4.78 is 11.9. The molecule has 0 amide bonds. The highest BCUT2D eigenvalue weighted by molar-refractivity contribution is 5.88. The van der Waals surface area contributed by atoms with E-state index >= 15 is 0 Å². The van der Waals surface area contributed by atoms with Gasteiger partial charge in [-0.25, -0.2) is 9.48 Å². The molecule has 2 heterocycles. The van der Waals surface area contributed by atoms with Crippen molar-refractivity contribution in [1.29, 1.82) is 0 Å². The van der Waals surface area contributed by atoms with Crippen molar-refractivity contribution in [1.82, 2.24) is 15.0 Å². The second kappa shape index (κ2) is 4.87. The second-order valence-corrected chi connectivity index (χ2v) is 5.31. The number of carbonyl (C=O) groups is 1. The van der Waals surface area contributed by atoms with Gasteiger partial charge in [0.25, 0.3) is 0 Å². The van der Waals surface area contributed by atoms with Crippen LogP contribution in [0.1, 0.15) is 42.5 Å². The van der Waals surface area contributed by atoms with Crippen molar-refractivity contribution >= 4 is 5.97 Å². The van der Waals surface area contributed by atoms with Gasteiger partial charge in [-0.2, -0.15) is 0 Å². The maximum atomic E-state index is 11.9. The average molecular weight is 263 g/mol. The van der Waals surface area contributed by atoms with Crippen molar-refractivity contribution in [2.45, 2.75) is 39.8 Å². The molecule has 0 saturated heterocycles. The van der Waals surface area contributed by atoms with Gasteiger partial charge >= 0.3 is 5.97 Å². The molecule has 0 atom stereocenters. The molecule has 6 heteroatoms. The Morgan fingerprint density at radius 1 is 1.47 bits per heavy atom. The third kappa shape index (κ3) is 3.21. The Hall–Kier alpha value is -2.11. The van der Waals surface area contributed by atoms with Crippen molar-refractivity contribution in [3.63, 3.8) is 0 Å². The molecule has 0 fully saturated rings. The van der Waals surface area contributed by atoms with Gasteiger partial charge in [0.1, 0.15) is 5.60 Å². The van der Waals surface area contributed by atoms with Crippen LogP contribution in [0.3, 0.4) is 0 Å². The molecule has 2 aromatic heterocycles. The summed E-state index contributed by atoms with van der Waals surface area (Å²) in [4.78, 5) is 11.9. The summed E-state index contributed by atoms with van der Waals surface area (Å²) in [6, 6.07) is 1.84. The van der Waals surface area contributed by atoms with E-state index in [0.29, 0.717) is 12.2 Å². The SMILES string of the molecule is Cc1c(C(=O)OC(C)(C)C)nnn1Cc1ccoc1. The number of hydrogen-bond acceptors (Lipinski definition) is 5. The zero-order valence-electron chi connectivity index (χ0n) is 11.5. The summed E-state index contributed by atoms with van der Waals surface area (Å²) >= 11 is 0. The Morgan fingerprint density at radius 2 is 2.21 bits per heavy atom. The van der Waals surface area contributed by atoms with Gasteiger partial charge in [0, 0.05) is 5.56 Å². The fourth-order valence-corrected chi connectivity index (χ4v) is 1.58. The fraction of sp³-hybridized carbons (Fsp3) is 0.462. The molecule has 0 unspecified atom stereocenters. The van der Waals surface area contributed by atoms with E-state index in [1.807, 2.05) is 26.8 Å². The molecule has 0 aromatic carbocycles. The lowest BCUT2D eigenvalue weighted by Gasteiger charge is -2.18. The van der Waals surface area contributed by atoms with Crippen LogP contribution in [0.5, 0.6) is 0 Å². The minimum atomic E-state index is -0.544. The first-order valence-electron chi connectivity index (χ1n) is 6.01. The minimum absolute atomic E-state index is 0.249. The molecule has 0 radical (unpaired) electrons. The molecule has 6 nitrogen and oxygen atoms in total. The van der Waals surface area contributed by atoms with Crippen molar-refractivity contribution in [2.75, 3.05) is 0 Å². The van der Waals surface area contributed by atoms with Crippen LogP contribution < -0.4 is 0 Å². The number of rotatable bonds is 3. The summed E-state index contributed by atoms with van der Waals surface area (Å²) in [5.74, 6) is -0.455. The van der Waals surface area contributed by atoms with E-state index in [-0.39, 0.29) is 5.69 Å². The Kier molecular flexibility index (Phi) is 3.42. The quantitative estimate of drug-likeness (QED) is 0.794. The van der Waals surface area contributed by atoms with Crippen molar-refractivity contribution in [2.24, 2.45) is 0 Å². The lowest BCUT2D eigenvalue weighted by molar-refractivity contribution is 0.00619. The highest BCUT2D eigenvalue weighted by atomic mass is 16.6. The van der Waals surface area contributed by atoms with Crippen molar-refractivity contribution < 1.29 is 13.9 Å². The molecule has 0 spiro atoms. The molecule has 2 aromatic rings. The molecule has 0 aliphatic rings. The zero-order chi connectivity index (χ0) is 14.0. The van der Waals surface area contributed by atoms with Crippen LogP contribution in [-0.4, -0.2) is 26.6 Å². The van der Waals surface area contributed by atoms with E-state index in [0.717, 1.165) is 5.56 Å². The third-order valence-corrected chi connectivity index (χ3v) is 2.49. The maximum absolute atomic E-state index is 11.9. The smallest absolute Gasteiger partial charge is 0.361 e. The van der Waals surface area contributed by atoms with Crippen LogP contribution in [0, 0.1) is 6.92 Å². The van der Waals surface area contributed by atoms with Crippen LogP contribution in [0.4, 0.5) is 0 Å². The summed E-state index contributed by atoms with van der Waals surface area (Å²) in [5, 5.41) is 7.85. The lowest BCUT2D eigenvalue weighted by Crippen LogP contribution is -2.24. The molecule has 0 N–H and O–H groups in total. The molecule has 2 rings (SSSR count). The predicted octanol–water partition coefficient (Wildman–Crippen LogP) is 2.18. The highest BCUT2D eigenvalue weighted by Crippen LogP contribution is 2.14. The normalized spacial score (nSPS) is 11.6. The number of furan rings is 1. The average Bonchev–Trinajstić information content (AvgIpc) is 2.88. The molecular weight excluding hydrogens is 246 g/mol. The largest absolute Gasteiger partial charge is 0.472 e. The number of aromatic nitrogens is 3. The monoisotopic (exact) mass is 263 g/mol. The number of hydrogen-bond donors (Lipinski definition) is 0. The second-order valence-electron chi connectivity index (χ2n) is 5.31. The number of esters is 1. The van der Waals surface area contributed by atoms with E-state index in [1.165, 1.54) is 0 Å². The van der Waals surface area contributed by atoms with Crippen LogP contribution in [0.2, 0.25) is 0 Å². The number of ether oxygens (including phenoxy) is 1. The van der Waals surface area contributed by atoms with E-state index in [4.69, 9.17) is 9.15 Å². The molecule has 102 valence electrons. The van der Waals surface area contributed by atoms with Crippen LogP contribution >= 0.6 is 0 Å². The van der Waals surface area contributed by atoms with Gasteiger partial charge in [-0.1, -0.05) is 5.21 Å². The van der Waals surface area contributed by atoms with Gasteiger partial charge in [0.05, 0.1) is 24.8 Å². The maximum Gasteiger partial charge on any atom is 0.361 e. The summed E-state index contributed by atoms with van der Waals surface area (Å²) in [6.45, 7) is 7.75. The van der Waals surface area contributed by atoms with Gasteiger partial charge in [-0.15, -0.1) is 5.10 Å². The van der Waals surface area contributed by atoms with Gasteiger partial charge < -0.3 is 9.15 Å². The fourth-order valence-electron chi connectivity index (χ4n) is 1.58. The molecule has 0 aliphatic carbocycles. The van der Waals surface area contributed by atoms with E-state index in [1.54, 1.807) is 24.1 Å². The van der Waals surface area contributed by atoms with Crippen molar-refractivity contribution in [3.05, 3.63) is 35.5 Å². The molecule has 0 bridgehead atoms. The summed E-state index contributed by atoms with van der Waals surface area (Å²) in [5.41, 5.74) is 1.34. The molecule has 0 saturated carbocycles. The lowest BCUT2D eigenvalue weighted by atomic mass is 10.2. The van der Waals surface area contributed by atoms with Gasteiger partial charge in [-0.05, 0) is 33.8 Å². The van der Waals surface area contributed by atoms with Crippen molar-refractivity contribution in [3.8, 4) is 0 Å². The topological polar surface area (TPSA) is 70.2 Å². The van der Waals surface area contributed by atoms with Crippen LogP contribution in [0.15, 0.2) is 23.0 Å². The van der Waals surface area contributed by atoms with Gasteiger partial charge in [-0.3, -0.25) is 0 Å². The Morgan fingerprint density at radius 3 is 2.79 bits per heavy atom. The number of carbonyl (C=O) groups excluding carboxylic acids is 1. The molecular formula is C13H17N3O3. The zero-order valence-corrected chi connectivity index (χ0v) is 11.5. The van der Waals surface area contributed by atoms with E-state index in [9.17, 15) is 4.79 Å². The summed E-state index contributed by atoms with van der Waals surface area (Å²) in [6.07, 6.45) is 3.23. The first kappa shape index (κ1) is 13.3. The Bertz CT molecular complexity index is 564. The molecule has 19 heavy (non-hydrogen) atoms.